The predicted molar refractivity (Wildman–Crippen MR) is 75.2 cm³/mol. The Bertz CT molecular complexity index is 457. The summed E-state index contributed by atoms with van der Waals surface area (Å²) in [6, 6.07) is 14.7. The molecular formula is C13H14B2O3. The van der Waals surface area contributed by atoms with Crippen molar-refractivity contribution in [2.24, 2.45) is 0 Å². The van der Waals surface area contributed by atoms with Crippen LogP contribution in [0.4, 0.5) is 0 Å². The summed E-state index contributed by atoms with van der Waals surface area (Å²) in [4.78, 5) is 0. The van der Waals surface area contributed by atoms with Gasteiger partial charge in [-0.25, -0.2) is 0 Å². The average molecular weight is 240 g/mol. The van der Waals surface area contributed by atoms with Crippen molar-refractivity contribution in [3.8, 4) is 11.1 Å². The van der Waals surface area contributed by atoms with Crippen LogP contribution in [-0.2, 0) is 0 Å². The van der Waals surface area contributed by atoms with E-state index in [4.69, 9.17) is 10.0 Å². The second-order valence-corrected chi connectivity index (χ2v) is 4.29. The first kappa shape index (κ1) is 12.9. The minimum atomic E-state index is -1.43. The van der Waals surface area contributed by atoms with E-state index in [9.17, 15) is 5.02 Å². The van der Waals surface area contributed by atoms with E-state index in [1.54, 1.807) is 19.0 Å². The van der Waals surface area contributed by atoms with Crippen molar-refractivity contribution in [1.82, 2.24) is 0 Å². The Kier molecular flexibility index (Phi) is 3.87. The van der Waals surface area contributed by atoms with Gasteiger partial charge in [-0.1, -0.05) is 55.4 Å². The van der Waals surface area contributed by atoms with Crippen molar-refractivity contribution in [3.63, 3.8) is 0 Å². The molecule has 0 radical (unpaired) electrons. The van der Waals surface area contributed by atoms with E-state index in [0.717, 1.165) is 16.6 Å². The highest BCUT2D eigenvalue weighted by Crippen LogP contribution is 2.16. The molecular weight excluding hydrogens is 226 g/mol. The van der Waals surface area contributed by atoms with Gasteiger partial charge < -0.3 is 15.1 Å². The normalized spacial score (nSPS) is 10.2. The third-order valence-electron chi connectivity index (χ3n) is 2.94. The molecule has 90 valence electrons. The van der Waals surface area contributed by atoms with Gasteiger partial charge in [0, 0.05) is 0 Å². The van der Waals surface area contributed by atoms with Crippen LogP contribution in [0.3, 0.4) is 0 Å². The van der Waals surface area contributed by atoms with E-state index < -0.39 is 14.0 Å². The molecule has 2 aromatic carbocycles. The molecule has 0 saturated heterocycles. The van der Waals surface area contributed by atoms with E-state index >= 15 is 0 Å². The van der Waals surface area contributed by atoms with Gasteiger partial charge in [0.05, 0.1) is 0 Å². The van der Waals surface area contributed by atoms with E-state index in [-0.39, 0.29) is 0 Å². The highest BCUT2D eigenvalue weighted by atomic mass is 16.4. The van der Waals surface area contributed by atoms with Crippen LogP contribution < -0.4 is 10.9 Å². The van der Waals surface area contributed by atoms with Crippen molar-refractivity contribution in [1.29, 1.82) is 0 Å². The molecule has 0 aliphatic heterocycles. The summed E-state index contributed by atoms with van der Waals surface area (Å²) in [5.41, 5.74) is 3.37. The first-order valence-electron chi connectivity index (χ1n) is 5.82. The molecule has 0 saturated carbocycles. The van der Waals surface area contributed by atoms with E-state index in [2.05, 4.69) is 0 Å². The monoisotopic (exact) mass is 240 g/mol. The molecule has 5 heteroatoms. The van der Waals surface area contributed by atoms with E-state index in [1.165, 1.54) is 0 Å². The largest absolute Gasteiger partial charge is 0.488 e. The van der Waals surface area contributed by atoms with Gasteiger partial charge >= 0.3 is 14.0 Å². The molecule has 0 atom stereocenters. The molecule has 0 bridgehead atoms. The lowest BCUT2D eigenvalue weighted by Gasteiger charge is -2.06. The van der Waals surface area contributed by atoms with Gasteiger partial charge in [-0.2, -0.15) is 0 Å². The minimum absolute atomic E-state index is 0.467. The van der Waals surface area contributed by atoms with Crippen LogP contribution in [-0.4, -0.2) is 29.1 Å². The van der Waals surface area contributed by atoms with Crippen LogP contribution in [0.5, 0.6) is 0 Å². The smallest absolute Gasteiger partial charge is 0.447 e. The Morgan fingerprint density at radius 3 is 1.39 bits per heavy atom. The summed E-state index contributed by atoms with van der Waals surface area (Å²) in [5, 5.41) is 27.4. The van der Waals surface area contributed by atoms with Crippen molar-refractivity contribution in [2.75, 3.05) is 0 Å². The summed E-state index contributed by atoms with van der Waals surface area (Å²) in [7, 11) is -1.43. The van der Waals surface area contributed by atoms with Crippen LogP contribution in [0.1, 0.15) is 0 Å². The molecule has 0 aromatic heterocycles. The zero-order valence-corrected chi connectivity index (χ0v) is 10.1. The maximum Gasteiger partial charge on any atom is 0.488 e. The van der Waals surface area contributed by atoms with Crippen LogP contribution in [0.25, 0.3) is 11.1 Å². The number of hydrogen-bond donors (Lipinski definition) is 3. The molecule has 0 fully saturated rings. The molecule has 0 amide bonds. The third kappa shape index (κ3) is 2.82. The topological polar surface area (TPSA) is 60.7 Å². The molecule has 3 nitrogen and oxygen atoms in total. The lowest BCUT2D eigenvalue weighted by atomic mass is 9.64. The molecule has 3 N–H and O–H groups in total. The summed E-state index contributed by atoms with van der Waals surface area (Å²) in [5.74, 6) is 0. The average Bonchev–Trinajstić information content (AvgIpc) is 2.39. The van der Waals surface area contributed by atoms with Crippen molar-refractivity contribution in [3.05, 3.63) is 48.5 Å². The molecule has 0 aliphatic rings. The van der Waals surface area contributed by atoms with Gasteiger partial charge in [-0.3, -0.25) is 0 Å². The first-order chi connectivity index (χ1) is 8.58. The van der Waals surface area contributed by atoms with Crippen LogP contribution >= 0.6 is 0 Å². The predicted octanol–water partition coefficient (Wildman–Crippen LogP) is -0.146. The molecule has 0 unspecified atom stereocenters. The fraction of sp³-hybridized carbons (Fsp3) is 0.0769. The maximum absolute atomic E-state index is 9.43. The zero-order chi connectivity index (χ0) is 13.1. The standard InChI is InChI=1S/C13H14B2O3/c1-14(16)12-6-2-10(3-7-12)11-4-8-13(9-5-11)15(17)18/h2-9,16-18H,1H3. The van der Waals surface area contributed by atoms with Gasteiger partial charge in [0.15, 0.2) is 0 Å². The third-order valence-corrected chi connectivity index (χ3v) is 2.94. The van der Waals surface area contributed by atoms with E-state index in [0.29, 0.717) is 5.46 Å². The van der Waals surface area contributed by atoms with Crippen molar-refractivity contribution < 1.29 is 15.1 Å². The highest BCUT2D eigenvalue weighted by molar-refractivity contribution is 6.64. The lowest BCUT2D eigenvalue weighted by Crippen LogP contribution is -2.29. The van der Waals surface area contributed by atoms with Crippen LogP contribution in [0.2, 0.25) is 6.82 Å². The quantitative estimate of drug-likeness (QED) is 0.654. The molecule has 2 aromatic rings. The Morgan fingerprint density at radius 1 is 0.667 bits per heavy atom. The Labute approximate surface area is 107 Å². The summed E-state index contributed by atoms with van der Waals surface area (Å²) < 4.78 is 0. The first-order valence-corrected chi connectivity index (χ1v) is 5.82. The number of hydrogen-bond acceptors (Lipinski definition) is 3. The fourth-order valence-electron chi connectivity index (χ4n) is 1.80. The molecule has 0 aliphatic carbocycles. The van der Waals surface area contributed by atoms with Crippen molar-refractivity contribution >= 4 is 25.0 Å². The van der Waals surface area contributed by atoms with Gasteiger partial charge in [-0.05, 0) is 22.1 Å². The zero-order valence-electron chi connectivity index (χ0n) is 10.1. The fourth-order valence-corrected chi connectivity index (χ4v) is 1.80. The minimum Gasteiger partial charge on any atom is -0.447 e. The van der Waals surface area contributed by atoms with Gasteiger partial charge in [0.2, 0.25) is 0 Å². The van der Waals surface area contributed by atoms with Crippen molar-refractivity contribution in [2.45, 2.75) is 6.82 Å². The Morgan fingerprint density at radius 2 is 1.06 bits per heavy atom. The van der Waals surface area contributed by atoms with E-state index in [1.807, 2.05) is 36.4 Å². The summed E-state index contributed by atoms with van der Waals surface area (Å²) >= 11 is 0. The SMILES string of the molecule is CB(O)c1ccc(-c2ccc(B(O)O)cc2)cc1. The molecule has 2 rings (SSSR count). The molecule has 18 heavy (non-hydrogen) atoms. The van der Waals surface area contributed by atoms with Crippen LogP contribution in [0.15, 0.2) is 48.5 Å². The van der Waals surface area contributed by atoms with Gasteiger partial charge in [0.1, 0.15) is 0 Å². The molecule has 0 heterocycles. The molecule has 0 spiro atoms. The lowest BCUT2D eigenvalue weighted by molar-refractivity contribution is 0.426. The summed E-state index contributed by atoms with van der Waals surface area (Å²) in [6.07, 6.45) is 0. The second-order valence-electron chi connectivity index (χ2n) is 4.29. The Hall–Kier alpha value is -1.55. The maximum atomic E-state index is 9.43. The Balaban J connectivity index is 2.25. The van der Waals surface area contributed by atoms with Crippen LogP contribution in [0, 0.1) is 0 Å². The number of rotatable bonds is 3. The highest BCUT2D eigenvalue weighted by Gasteiger charge is 2.10. The summed E-state index contributed by atoms with van der Waals surface area (Å²) in [6.45, 7) is 1.26. The second kappa shape index (κ2) is 5.40. The van der Waals surface area contributed by atoms with Gasteiger partial charge in [-0.15, -0.1) is 0 Å². The number of benzene rings is 2. The van der Waals surface area contributed by atoms with Gasteiger partial charge in [0.25, 0.3) is 0 Å².